The summed E-state index contributed by atoms with van der Waals surface area (Å²) in [4.78, 5) is 8.48. The SMILES string of the molecule is Cc1nc(CC(O)c2ccc(Br)cn2)cs1. The monoisotopic (exact) mass is 298 g/mol. The molecule has 0 spiro atoms. The van der Waals surface area contributed by atoms with Crippen LogP contribution in [-0.2, 0) is 6.42 Å². The Morgan fingerprint density at radius 1 is 1.50 bits per heavy atom. The van der Waals surface area contributed by atoms with Gasteiger partial charge < -0.3 is 5.11 Å². The van der Waals surface area contributed by atoms with Crippen molar-refractivity contribution in [3.63, 3.8) is 0 Å². The van der Waals surface area contributed by atoms with Gasteiger partial charge in [0.15, 0.2) is 0 Å². The molecule has 1 N–H and O–H groups in total. The lowest BCUT2D eigenvalue weighted by Crippen LogP contribution is -2.04. The van der Waals surface area contributed by atoms with Crippen molar-refractivity contribution >= 4 is 27.3 Å². The molecule has 1 atom stereocenters. The minimum absolute atomic E-state index is 0.513. The minimum atomic E-state index is -0.588. The summed E-state index contributed by atoms with van der Waals surface area (Å²) in [7, 11) is 0. The molecule has 0 aliphatic carbocycles. The van der Waals surface area contributed by atoms with Gasteiger partial charge in [-0.15, -0.1) is 11.3 Å². The van der Waals surface area contributed by atoms with E-state index in [2.05, 4.69) is 25.9 Å². The largest absolute Gasteiger partial charge is 0.386 e. The van der Waals surface area contributed by atoms with Crippen molar-refractivity contribution in [2.75, 3.05) is 0 Å². The van der Waals surface area contributed by atoms with Crippen LogP contribution in [0.4, 0.5) is 0 Å². The molecule has 2 aromatic heterocycles. The van der Waals surface area contributed by atoms with Crippen LogP contribution in [0.15, 0.2) is 28.2 Å². The van der Waals surface area contributed by atoms with E-state index in [0.717, 1.165) is 15.2 Å². The fourth-order valence-electron chi connectivity index (χ4n) is 1.39. The number of aromatic nitrogens is 2. The summed E-state index contributed by atoms with van der Waals surface area (Å²) in [6.45, 7) is 1.96. The number of pyridine rings is 1. The molecular formula is C11H11BrN2OS. The molecule has 0 saturated heterocycles. The zero-order chi connectivity index (χ0) is 11.5. The summed E-state index contributed by atoms with van der Waals surface area (Å²) >= 11 is 4.90. The average molecular weight is 299 g/mol. The number of aliphatic hydroxyl groups excluding tert-OH is 1. The topological polar surface area (TPSA) is 46.0 Å². The highest BCUT2D eigenvalue weighted by Gasteiger charge is 2.11. The van der Waals surface area contributed by atoms with Crippen molar-refractivity contribution in [2.24, 2.45) is 0 Å². The zero-order valence-corrected chi connectivity index (χ0v) is 11.1. The number of halogens is 1. The number of aliphatic hydroxyl groups is 1. The van der Waals surface area contributed by atoms with Gasteiger partial charge in [-0.2, -0.15) is 0 Å². The molecule has 0 bridgehead atoms. The average Bonchev–Trinajstić information content (AvgIpc) is 2.65. The third kappa shape index (κ3) is 2.87. The highest BCUT2D eigenvalue weighted by molar-refractivity contribution is 9.10. The first-order chi connectivity index (χ1) is 7.65. The number of rotatable bonds is 3. The first-order valence-electron chi connectivity index (χ1n) is 4.85. The van der Waals surface area contributed by atoms with Crippen LogP contribution >= 0.6 is 27.3 Å². The summed E-state index contributed by atoms with van der Waals surface area (Å²) in [5.74, 6) is 0. The summed E-state index contributed by atoms with van der Waals surface area (Å²) in [6, 6.07) is 3.69. The van der Waals surface area contributed by atoms with Gasteiger partial charge in [0, 0.05) is 22.5 Å². The third-order valence-electron chi connectivity index (χ3n) is 2.16. The van der Waals surface area contributed by atoms with Gasteiger partial charge in [-0.25, -0.2) is 4.98 Å². The maximum atomic E-state index is 9.96. The van der Waals surface area contributed by atoms with Crippen LogP contribution in [-0.4, -0.2) is 15.1 Å². The Balaban J connectivity index is 2.08. The van der Waals surface area contributed by atoms with Crippen LogP contribution in [0.5, 0.6) is 0 Å². The van der Waals surface area contributed by atoms with Crippen LogP contribution in [0.3, 0.4) is 0 Å². The molecule has 0 aliphatic rings. The van der Waals surface area contributed by atoms with Gasteiger partial charge in [0.2, 0.25) is 0 Å². The van der Waals surface area contributed by atoms with E-state index >= 15 is 0 Å². The maximum Gasteiger partial charge on any atom is 0.101 e. The zero-order valence-electron chi connectivity index (χ0n) is 8.72. The molecule has 2 heterocycles. The molecule has 3 nitrogen and oxygen atoms in total. The van der Waals surface area contributed by atoms with Gasteiger partial charge >= 0.3 is 0 Å². The second-order valence-corrected chi connectivity index (χ2v) is 5.46. The van der Waals surface area contributed by atoms with E-state index in [1.807, 2.05) is 24.4 Å². The first kappa shape index (κ1) is 11.7. The van der Waals surface area contributed by atoms with Crippen molar-refractivity contribution < 1.29 is 5.11 Å². The van der Waals surface area contributed by atoms with Crippen molar-refractivity contribution in [1.29, 1.82) is 0 Å². The normalized spacial score (nSPS) is 12.7. The molecule has 16 heavy (non-hydrogen) atoms. The lowest BCUT2D eigenvalue weighted by molar-refractivity contribution is 0.172. The van der Waals surface area contributed by atoms with Gasteiger partial charge in [-0.3, -0.25) is 4.98 Å². The number of hydrogen-bond acceptors (Lipinski definition) is 4. The van der Waals surface area contributed by atoms with Crippen molar-refractivity contribution in [3.8, 4) is 0 Å². The van der Waals surface area contributed by atoms with Crippen LogP contribution < -0.4 is 0 Å². The Morgan fingerprint density at radius 3 is 2.88 bits per heavy atom. The van der Waals surface area contributed by atoms with Gasteiger partial charge in [0.1, 0.15) is 6.10 Å². The molecule has 5 heteroatoms. The highest BCUT2D eigenvalue weighted by atomic mass is 79.9. The van der Waals surface area contributed by atoms with Crippen LogP contribution in [0.2, 0.25) is 0 Å². The molecule has 0 fully saturated rings. The summed E-state index contributed by atoms with van der Waals surface area (Å²) in [5.41, 5.74) is 1.59. The number of hydrogen-bond donors (Lipinski definition) is 1. The Labute approximate surface area is 106 Å². The lowest BCUT2D eigenvalue weighted by Gasteiger charge is -2.07. The van der Waals surface area contributed by atoms with E-state index in [4.69, 9.17) is 0 Å². The number of nitrogens with zero attached hydrogens (tertiary/aromatic N) is 2. The molecule has 0 amide bonds. The van der Waals surface area contributed by atoms with E-state index in [-0.39, 0.29) is 0 Å². The van der Waals surface area contributed by atoms with Crippen molar-refractivity contribution in [3.05, 3.63) is 44.6 Å². The quantitative estimate of drug-likeness (QED) is 0.948. The number of aryl methyl sites for hydroxylation is 1. The smallest absolute Gasteiger partial charge is 0.101 e. The Hall–Kier alpha value is -0.780. The van der Waals surface area contributed by atoms with E-state index in [1.54, 1.807) is 17.5 Å². The maximum absolute atomic E-state index is 9.96. The summed E-state index contributed by atoms with van der Waals surface area (Å²) in [5, 5.41) is 12.9. The van der Waals surface area contributed by atoms with E-state index in [1.165, 1.54) is 0 Å². The molecule has 0 radical (unpaired) electrons. The second-order valence-electron chi connectivity index (χ2n) is 3.48. The van der Waals surface area contributed by atoms with E-state index in [9.17, 15) is 5.11 Å². The molecule has 0 saturated carbocycles. The van der Waals surface area contributed by atoms with Crippen LogP contribution in [0.1, 0.15) is 22.5 Å². The Morgan fingerprint density at radius 2 is 2.31 bits per heavy atom. The van der Waals surface area contributed by atoms with Crippen LogP contribution in [0.25, 0.3) is 0 Å². The van der Waals surface area contributed by atoms with Crippen molar-refractivity contribution in [1.82, 2.24) is 9.97 Å². The van der Waals surface area contributed by atoms with Gasteiger partial charge in [-0.05, 0) is 35.0 Å². The lowest BCUT2D eigenvalue weighted by atomic mass is 10.1. The second kappa shape index (κ2) is 5.03. The summed E-state index contributed by atoms with van der Waals surface area (Å²) in [6.07, 6.45) is 1.61. The third-order valence-corrected chi connectivity index (χ3v) is 3.45. The number of thiazole rings is 1. The van der Waals surface area contributed by atoms with Gasteiger partial charge in [-0.1, -0.05) is 0 Å². The van der Waals surface area contributed by atoms with Gasteiger partial charge in [0.05, 0.1) is 16.4 Å². The summed E-state index contributed by atoms with van der Waals surface area (Å²) < 4.78 is 0.910. The predicted molar refractivity (Wildman–Crippen MR) is 67.5 cm³/mol. The molecular weight excluding hydrogens is 288 g/mol. The Kier molecular flexibility index (Phi) is 3.68. The molecule has 2 aromatic rings. The van der Waals surface area contributed by atoms with Gasteiger partial charge in [0.25, 0.3) is 0 Å². The molecule has 2 rings (SSSR count). The predicted octanol–water partition coefficient (Wildman–Crippen LogP) is 2.89. The molecule has 0 aliphatic heterocycles. The van der Waals surface area contributed by atoms with Crippen LogP contribution in [0, 0.1) is 6.92 Å². The fourth-order valence-corrected chi connectivity index (χ4v) is 2.25. The van der Waals surface area contributed by atoms with Crippen molar-refractivity contribution in [2.45, 2.75) is 19.4 Å². The van der Waals surface area contributed by atoms with E-state index < -0.39 is 6.10 Å². The highest BCUT2D eigenvalue weighted by Crippen LogP contribution is 2.19. The van der Waals surface area contributed by atoms with E-state index in [0.29, 0.717) is 12.1 Å². The molecule has 84 valence electrons. The Bertz CT molecular complexity index is 469. The standard InChI is InChI=1S/C11H11BrN2OS/c1-7-14-9(6-16-7)4-11(15)10-3-2-8(12)5-13-10/h2-3,5-6,11,15H,4H2,1H3. The first-order valence-corrected chi connectivity index (χ1v) is 6.53. The molecule has 1 unspecified atom stereocenters. The fraction of sp³-hybridized carbons (Fsp3) is 0.273. The molecule has 0 aromatic carbocycles. The minimum Gasteiger partial charge on any atom is -0.386 e.